The second-order valence-corrected chi connectivity index (χ2v) is 7.37. The summed E-state index contributed by atoms with van der Waals surface area (Å²) in [5.41, 5.74) is 0.798. The summed E-state index contributed by atoms with van der Waals surface area (Å²) in [5, 5.41) is 9.96. The van der Waals surface area contributed by atoms with Crippen molar-refractivity contribution in [2.24, 2.45) is 0 Å². The maximum absolute atomic E-state index is 13.1. The van der Waals surface area contributed by atoms with Crippen LogP contribution in [0.15, 0.2) is 48.7 Å². The quantitative estimate of drug-likeness (QED) is 0.564. The number of anilines is 2. The van der Waals surface area contributed by atoms with Gasteiger partial charge in [0.1, 0.15) is 21.6 Å². The van der Waals surface area contributed by atoms with Crippen LogP contribution in [0.3, 0.4) is 0 Å². The molecule has 0 radical (unpaired) electrons. The van der Waals surface area contributed by atoms with E-state index >= 15 is 0 Å². The van der Waals surface area contributed by atoms with Crippen LogP contribution in [0.4, 0.5) is 15.1 Å². The Balaban J connectivity index is 2.05. The highest BCUT2D eigenvalue weighted by molar-refractivity contribution is 7.74. The Morgan fingerprint density at radius 2 is 1.96 bits per heavy atom. The number of carboxylic acids is 1. The molecule has 2 aromatic carbocycles. The number of rotatable bonds is 7. The largest absolute Gasteiger partial charge is 0.492 e. The smallest absolute Gasteiger partial charge is 0.335 e. The van der Waals surface area contributed by atoms with E-state index in [0.29, 0.717) is 15.6 Å². The van der Waals surface area contributed by atoms with Crippen LogP contribution < -0.4 is 9.04 Å². The highest BCUT2D eigenvalue weighted by atomic mass is 32.2. The van der Waals surface area contributed by atoms with Crippen LogP contribution in [0.5, 0.6) is 5.75 Å². The van der Waals surface area contributed by atoms with Crippen molar-refractivity contribution in [3.63, 3.8) is 0 Å². The first-order valence-corrected chi connectivity index (χ1v) is 10.0. The standard InChI is InChI=1S/C18H15FN2O5S2/c1-2-26-15-9-12(18(22)23)5-8-14(15)21(28(24)25)16-10-20-17(27-16)11-3-6-13(19)7-4-11/h3-10,28H,2H2,1H3,(H,22,23). The summed E-state index contributed by atoms with van der Waals surface area (Å²) < 4.78 is 43.5. The predicted octanol–water partition coefficient (Wildman–Crippen LogP) is 3.71. The number of hydrogen-bond donors (Lipinski definition) is 2. The van der Waals surface area contributed by atoms with Gasteiger partial charge in [-0.15, -0.1) is 0 Å². The monoisotopic (exact) mass is 422 g/mol. The van der Waals surface area contributed by atoms with Crippen LogP contribution in [-0.2, 0) is 10.9 Å². The van der Waals surface area contributed by atoms with Crippen LogP contribution >= 0.6 is 11.3 Å². The molecule has 28 heavy (non-hydrogen) atoms. The third kappa shape index (κ3) is 4.12. The van der Waals surface area contributed by atoms with E-state index in [1.807, 2.05) is 0 Å². The van der Waals surface area contributed by atoms with Crippen LogP contribution in [0.25, 0.3) is 10.6 Å². The van der Waals surface area contributed by atoms with Gasteiger partial charge in [-0.1, -0.05) is 11.3 Å². The third-order valence-electron chi connectivity index (χ3n) is 3.69. The summed E-state index contributed by atoms with van der Waals surface area (Å²) in [6, 6.07) is 9.62. The maximum atomic E-state index is 13.1. The first-order valence-electron chi connectivity index (χ1n) is 8.07. The number of benzene rings is 2. The number of thiol groups is 1. The second kappa shape index (κ2) is 8.36. The van der Waals surface area contributed by atoms with Gasteiger partial charge in [-0.3, -0.25) is 0 Å². The van der Waals surface area contributed by atoms with Crippen molar-refractivity contribution in [1.29, 1.82) is 0 Å². The molecule has 3 aromatic rings. The summed E-state index contributed by atoms with van der Waals surface area (Å²) in [6.07, 6.45) is 1.38. The van der Waals surface area contributed by atoms with Gasteiger partial charge in [0.15, 0.2) is 0 Å². The molecule has 1 N–H and O–H groups in total. The van der Waals surface area contributed by atoms with Gasteiger partial charge in [0.05, 0.1) is 24.1 Å². The number of ether oxygens (including phenoxy) is 1. The Morgan fingerprint density at radius 3 is 2.57 bits per heavy atom. The lowest BCUT2D eigenvalue weighted by molar-refractivity contribution is 0.0696. The zero-order chi connectivity index (χ0) is 20.3. The fourth-order valence-electron chi connectivity index (χ4n) is 2.47. The van der Waals surface area contributed by atoms with E-state index in [1.54, 1.807) is 19.1 Å². The van der Waals surface area contributed by atoms with Crippen LogP contribution in [0.1, 0.15) is 17.3 Å². The summed E-state index contributed by atoms with van der Waals surface area (Å²) >= 11 is 1.10. The van der Waals surface area contributed by atoms with E-state index in [9.17, 15) is 17.6 Å². The number of thiazole rings is 1. The minimum Gasteiger partial charge on any atom is -0.492 e. The van der Waals surface area contributed by atoms with E-state index in [2.05, 4.69) is 4.98 Å². The van der Waals surface area contributed by atoms with Crippen molar-refractivity contribution < 1.29 is 27.4 Å². The molecular formula is C18H15FN2O5S2. The number of aromatic carboxylic acids is 1. The van der Waals surface area contributed by atoms with Gasteiger partial charge in [-0.25, -0.2) is 26.9 Å². The molecule has 1 aromatic heterocycles. The van der Waals surface area contributed by atoms with E-state index in [4.69, 9.17) is 9.84 Å². The molecule has 0 bridgehead atoms. The second-order valence-electron chi connectivity index (χ2n) is 5.48. The zero-order valence-corrected chi connectivity index (χ0v) is 16.2. The van der Waals surface area contributed by atoms with Gasteiger partial charge in [-0.2, -0.15) is 0 Å². The lowest BCUT2D eigenvalue weighted by Gasteiger charge is -2.19. The Hall–Kier alpha value is -2.98. The first kappa shape index (κ1) is 19.8. The van der Waals surface area contributed by atoms with Crippen molar-refractivity contribution in [3.05, 3.63) is 60.0 Å². The molecule has 146 valence electrons. The SMILES string of the molecule is CCOc1cc(C(=O)O)ccc1N(c1cnc(-c2ccc(F)cc2)s1)[SH](=O)=O. The van der Waals surface area contributed by atoms with Gasteiger partial charge in [0.25, 0.3) is 0 Å². The molecule has 0 saturated heterocycles. The molecule has 0 aliphatic rings. The minimum atomic E-state index is -3.11. The first-order chi connectivity index (χ1) is 13.4. The molecular weight excluding hydrogens is 407 g/mol. The topological polar surface area (TPSA) is 96.8 Å². The average Bonchev–Trinajstić information content (AvgIpc) is 3.13. The molecule has 1 heterocycles. The molecule has 0 atom stereocenters. The molecule has 0 amide bonds. The molecule has 0 saturated carbocycles. The van der Waals surface area contributed by atoms with Crippen LogP contribution in [0, 0.1) is 5.82 Å². The number of nitrogens with zero attached hydrogens (tertiary/aromatic N) is 2. The molecule has 0 spiro atoms. The minimum absolute atomic E-state index is 0.0235. The molecule has 3 rings (SSSR count). The summed E-state index contributed by atoms with van der Waals surface area (Å²) in [6.45, 7) is 1.93. The third-order valence-corrected chi connectivity index (χ3v) is 5.62. The van der Waals surface area contributed by atoms with Crippen molar-refractivity contribution >= 4 is 38.9 Å². The van der Waals surface area contributed by atoms with Crippen molar-refractivity contribution in [2.75, 3.05) is 10.9 Å². The average molecular weight is 422 g/mol. The van der Waals surface area contributed by atoms with E-state index in [0.717, 1.165) is 15.6 Å². The van der Waals surface area contributed by atoms with Gasteiger partial charge < -0.3 is 9.84 Å². The fourth-order valence-corrected chi connectivity index (χ4v) is 4.19. The number of hydrogen-bond acceptors (Lipinski definition) is 6. The maximum Gasteiger partial charge on any atom is 0.335 e. The van der Waals surface area contributed by atoms with Gasteiger partial charge in [-0.05, 0) is 49.4 Å². The highest BCUT2D eigenvalue weighted by Crippen LogP contribution is 2.39. The Morgan fingerprint density at radius 1 is 1.25 bits per heavy atom. The molecule has 7 nitrogen and oxygen atoms in total. The van der Waals surface area contributed by atoms with Crippen LogP contribution in [-0.4, -0.2) is 31.1 Å². The van der Waals surface area contributed by atoms with Gasteiger partial charge in [0.2, 0.25) is 10.9 Å². The zero-order valence-electron chi connectivity index (χ0n) is 14.5. The van der Waals surface area contributed by atoms with Crippen molar-refractivity contribution in [3.8, 4) is 16.3 Å². The number of carboxylic acid groups (broad SMARTS) is 1. The van der Waals surface area contributed by atoms with Crippen molar-refractivity contribution in [2.45, 2.75) is 6.92 Å². The number of aromatic nitrogens is 1. The Bertz CT molecular complexity index is 1070. The van der Waals surface area contributed by atoms with Crippen molar-refractivity contribution in [1.82, 2.24) is 4.98 Å². The summed E-state index contributed by atoms with van der Waals surface area (Å²) in [4.78, 5) is 15.4. The summed E-state index contributed by atoms with van der Waals surface area (Å²) in [5.74, 6) is -1.41. The van der Waals surface area contributed by atoms with E-state index in [-0.39, 0.29) is 29.4 Å². The lowest BCUT2D eigenvalue weighted by Crippen LogP contribution is -2.15. The Labute approximate surface area is 165 Å². The normalized spacial score (nSPS) is 10.8. The molecule has 10 heteroatoms. The molecule has 0 fully saturated rings. The summed E-state index contributed by atoms with van der Waals surface area (Å²) in [7, 11) is -3.11. The number of carbonyl (C=O) groups is 1. The molecule has 0 aliphatic heterocycles. The van der Waals surface area contributed by atoms with Crippen LogP contribution in [0.2, 0.25) is 0 Å². The lowest BCUT2D eigenvalue weighted by atomic mass is 10.2. The predicted molar refractivity (Wildman–Crippen MR) is 105 cm³/mol. The number of halogens is 1. The Kier molecular flexibility index (Phi) is 5.90. The highest BCUT2D eigenvalue weighted by Gasteiger charge is 2.21. The van der Waals surface area contributed by atoms with Gasteiger partial charge in [0, 0.05) is 5.56 Å². The van der Waals surface area contributed by atoms with E-state index in [1.165, 1.54) is 36.5 Å². The van der Waals surface area contributed by atoms with Gasteiger partial charge >= 0.3 is 5.97 Å². The van der Waals surface area contributed by atoms with E-state index < -0.39 is 16.9 Å². The fraction of sp³-hybridized carbons (Fsp3) is 0.111. The molecule has 0 unspecified atom stereocenters. The molecule has 0 aliphatic carbocycles.